The van der Waals surface area contributed by atoms with Gasteiger partial charge in [0.1, 0.15) is 0 Å². The van der Waals surface area contributed by atoms with Gasteiger partial charge in [-0.05, 0) is 88.0 Å². The molecular weight excluding hydrogens is 656 g/mol. The number of thioether (sulfide) groups is 2. The van der Waals surface area contributed by atoms with E-state index < -0.39 is 0 Å². The summed E-state index contributed by atoms with van der Waals surface area (Å²) in [6.45, 7) is 0.0913. The minimum atomic E-state index is 0.0456. The summed E-state index contributed by atoms with van der Waals surface area (Å²) < 4.78 is 5.37. The first-order valence-electron chi connectivity index (χ1n) is 17.7. The van der Waals surface area contributed by atoms with E-state index in [-0.39, 0.29) is 13.7 Å². The monoisotopic (exact) mass is 683 g/mol. The molecule has 2 aromatic heterocycles. The van der Waals surface area contributed by atoms with E-state index in [4.69, 9.17) is 0 Å². The van der Waals surface area contributed by atoms with E-state index in [9.17, 15) is 0 Å². The highest BCUT2D eigenvalue weighted by Gasteiger charge is 2.50. The predicted octanol–water partition coefficient (Wildman–Crippen LogP) is 8.71. The van der Waals surface area contributed by atoms with Crippen LogP contribution in [0.2, 0.25) is 0 Å². The summed E-state index contributed by atoms with van der Waals surface area (Å²) in [5, 5.41) is 5.32. The second kappa shape index (κ2) is 9.35. The normalized spacial score (nSPS) is 14.1. The van der Waals surface area contributed by atoms with Crippen molar-refractivity contribution in [2.75, 3.05) is 17.4 Å². The van der Waals surface area contributed by atoms with Crippen LogP contribution in [0.5, 0.6) is 0 Å². The largest absolute Gasteiger partial charge is 0.375 e. The van der Waals surface area contributed by atoms with Gasteiger partial charge in [0.05, 0.1) is 0 Å². The van der Waals surface area contributed by atoms with E-state index in [0.717, 1.165) is 0 Å². The van der Waals surface area contributed by atoms with Crippen molar-refractivity contribution >= 4 is 120 Å². The highest BCUT2D eigenvalue weighted by Crippen LogP contribution is 2.50. The molecule has 0 radical (unpaired) electrons. The second-order valence-corrected chi connectivity index (χ2v) is 16.1. The molecular formula is C44H27B2N3S2. The van der Waals surface area contributed by atoms with Gasteiger partial charge in [-0.3, -0.25) is 0 Å². The van der Waals surface area contributed by atoms with E-state index >= 15 is 0 Å². The molecule has 0 spiro atoms. The van der Waals surface area contributed by atoms with E-state index in [1.165, 1.54) is 115 Å². The van der Waals surface area contributed by atoms with Crippen molar-refractivity contribution in [2.45, 2.75) is 9.79 Å². The molecule has 4 aliphatic heterocycles. The van der Waals surface area contributed by atoms with Gasteiger partial charge < -0.3 is 13.9 Å². The zero-order valence-corrected chi connectivity index (χ0v) is 29.6. The van der Waals surface area contributed by atoms with Crippen LogP contribution < -0.4 is 26.8 Å². The summed E-state index contributed by atoms with van der Waals surface area (Å²) in [7, 11) is 0. The van der Waals surface area contributed by atoms with Gasteiger partial charge in [0.15, 0.2) is 0 Å². The number of hydrogen-bond acceptors (Lipinski definition) is 3. The van der Waals surface area contributed by atoms with Crippen molar-refractivity contribution in [3.05, 3.63) is 127 Å². The summed E-state index contributed by atoms with van der Waals surface area (Å²) in [5.41, 5.74) is 20.2. The van der Waals surface area contributed by atoms with Gasteiger partial charge in [0.2, 0.25) is 0 Å². The van der Waals surface area contributed by atoms with E-state index in [1.54, 1.807) is 0 Å². The Morgan fingerprint density at radius 3 is 1.41 bits per heavy atom. The smallest absolute Gasteiger partial charge is 0.333 e. The zero-order valence-electron chi connectivity index (χ0n) is 27.9. The first-order valence-corrected chi connectivity index (χ1v) is 20.1. The predicted molar refractivity (Wildman–Crippen MR) is 222 cm³/mol. The van der Waals surface area contributed by atoms with Crippen molar-refractivity contribution < 1.29 is 0 Å². The molecule has 0 N–H and O–H groups in total. The molecule has 0 saturated carbocycles. The molecule has 9 aromatic rings. The second-order valence-electron chi connectivity index (χ2n) is 14.3. The van der Waals surface area contributed by atoms with Crippen LogP contribution in [0, 0.1) is 0 Å². The van der Waals surface area contributed by atoms with E-state index in [0.29, 0.717) is 0 Å². The number of nitrogens with zero attached hydrogens (tertiary/aromatic N) is 3. The zero-order chi connectivity index (χ0) is 33.3. The van der Waals surface area contributed by atoms with Crippen LogP contribution in [0.1, 0.15) is 0 Å². The topological polar surface area (TPSA) is 13.1 Å². The Morgan fingerprint density at radius 2 is 0.922 bits per heavy atom. The van der Waals surface area contributed by atoms with Crippen LogP contribution in [0.15, 0.2) is 137 Å². The fraction of sp³-hybridized carbons (Fsp3) is 0.0455. The summed E-state index contributed by atoms with van der Waals surface area (Å²) in [5.74, 6) is 0. The fourth-order valence-electron chi connectivity index (χ4n) is 10.4. The molecule has 0 saturated heterocycles. The Labute approximate surface area is 304 Å². The molecule has 7 heteroatoms. The molecule has 51 heavy (non-hydrogen) atoms. The minimum absolute atomic E-state index is 0.0456. The van der Waals surface area contributed by atoms with Gasteiger partial charge >= 0.3 is 13.7 Å². The third-order valence-corrected chi connectivity index (χ3v) is 13.7. The number of rotatable bonds is 2. The molecule has 0 fully saturated rings. The third-order valence-electron chi connectivity index (χ3n) is 12.3. The molecule has 3 nitrogen and oxygen atoms in total. The average Bonchev–Trinajstić information content (AvgIpc) is 3.71. The SMILES string of the molecule is CSc1ccc2c(c1)N1c3cc(SC)ccc3B3c4c(cc5c(c41)B2n1c2ccccc2c2cccc-5c21)-c1cccc2c4ccccc4n3c12. The molecule has 7 aromatic carbocycles. The van der Waals surface area contributed by atoms with Crippen LogP contribution in [0.25, 0.3) is 65.9 Å². The van der Waals surface area contributed by atoms with Crippen LogP contribution in [0.4, 0.5) is 17.1 Å². The lowest BCUT2D eigenvalue weighted by molar-refractivity contribution is 1.22. The van der Waals surface area contributed by atoms with Crippen LogP contribution in [0.3, 0.4) is 0 Å². The summed E-state index contributed by atoms with van der Waals surface area (Å²) in [6.07, 6.45) is 4.40. The highest BCUT2D eigenvalue weighted by molar-refractivity contribution is 7.98. The summed E-state index contributed by atoms with van der Waals surface area (Å²) >= 11 is 3.65. The van der Waals surface area contributed by atoms with Gasteiger partial charge in [0, 0.05) is 81.6 Å². The number of para-hydroxylation sites is 4. The van der Waals surface area contributed by atoms with Crippen molar-refractivity contribution in [2.24, 2.45) is 0 Å². The number of anilines is 3. The Morgan fingerprint density at radius 1 is 0.451 bits per heavy atom. The molecule has 0 unspecified atom stereocenters. The van der Waals surface area contributed by atoms with E-state index in [2.05, 4.69) is 154 Å². The maximum Gasteiger partial charge on any atom is 0.333 e. The molecule has 0 amide bonds. The maximum absolute atomic E-state index is 2.68. The Kier molecular flexibility index (Phi) is 5.04. The number of hydrogen-bond donors (Lipinski definition) is 0. The van der Waals surface area contributed by atoms with Crippen LogP contribution >= 0.6 is 23.5 Å². The average molecular weight is 683 g/mol. The fourth-order valence-corrected chi connectivity index (χ4v) is 11.3. The Balaban J connectivity index is 1.29. The molecule has 0 bridgehead atoms. The minimum Gasteiger partial charge on any atom is -0.375 e. The van der Waals surface area contributed by atoms with Gasteiger partial charge in [-0.25, -0.2) is 0 Å². The van der Waals surface area contributed by atoms with Crippen molar-refractivity contribution in [1.29, 1.82) is 0 Å². The first kappa shape index (κ1) is 27.5. The highest BCUT2D eigenvalue weighted by atomic mass is 32.2. The third kappa shape index (κ3) is 3.09. The van der Waals surface area contributed by atoms with Crippen molar-refractivity contribution in [3.8, 4) is 22.3 Å². The Hall–Kier alpha value is -5.23. The van der Waals surface area contributed by atoms with Crippen LogP contribution in [-0.4, -0.2) is 35.2 Å². The number of benzene rings is 7. The molecule has 236 valence electrons. The molecule has 0 aliphatic carbocycles. The quantitative estimate of drug-likeness (QED) is 0.134. The number of fused-ring (bicyclic) bond motifs is 16. The number of aromatic nitrogens is 2. The Bertz CT molecular complexity index is 2900. The van der Waals surface area contributed by atoms with Gasteiger partial charge in [-0.2, -0.15) is 0 Å². The van der Waals surface area contributed by atoms with E-state index in [1.807, 2.05) is 23.5 Å². The van der Waals surface area contributed by atoms with Crippen LogP contribution in [-0.2, 0) is 0 Å². The lowest BCUT2D eigenvalue weighted by Crippen LogP contribution is -2.64. The summed E-state index contributed by atoms with van der Waals surface area (Å²) in [6, 6.07) is 49.0. The lowest BCUT2D eigenvalue weighted by Gasteiger charge is -2.47. The lowest BCUT2D eigenvalue weighted by atomic mass is 9.39. The standard InChI is InChI=1S/C44H27B2N3S2/c1-50-24-17-19-34-38(21-24)47-39-22-25(51-2)18-20-35(39)46-41-33(31-14-8-12-29-27-10-4-6-16-37(27)49(46)43(29)31)23-32-30-13-7-11-28-26-9-3-5-15-36(26)48(42(28)30)45(34)40(32)44(41)47/h3-23H,1-2H3. The van der Waals surface area contributed by atoms with Crippen molar-refractivity contribution in [1.82, 2.24) is 8.96 Å². The maximum atomic E-state index is 2.68. The summed E-state index contributed by atoms with van der Waals surface area (Å²) in [4.78, 5) is 5.24. The molecule has 13 rings (SSSR count). The first-order chi connectivity index (χ1) is 25.2. The molecule has 0 atom stereocenters. The van der Waals surface area contributed by atoms with Gasteiger partial charge in [-0.15, -0.1) is 23.5 Å². The van der Waals surface area contributed by atoms with Crippen molar-refractivity contribution in [3.63, 3.8) is 0 Å². The van der Waals surface area contributed by atoms with Gasteiger partial charge in [0.25, 0.3) is 0 Å². The molecule has 6 heterocycles. The molecule has 4 aliphatic rings. The van der Waals surface area contributed by atoms with Gasteiger partial charge in [-0.1, -0.05) is 84.9 Å².